The number of alkyl halides is 3. The van der Waals surface area contributed by atoms with Crippen molar-refractivity contribution in [3.05, 3.63) is 63.7 Å². The van der Waals surface area contributed by atoms with Gasteiger partial charge in [-0.15, -0.1) is 0 Å². The first-order valence-electron chi connectivity index (χ1n) is 12.3. The highest BCUT2D eigenvalue weighted by molar-refractivity contribution is 6.31. The predicted molar refractivity (Wildman–Crippen MR) is 135 cm³/mol. The Hall–Kier alpha value is -2.78. The van der Waals surface area contributed by atoms with Crippen molar-refractivity contribution in [2.24, 2.45) is 0 Å². The number of likely N-dealkylation sites (tertiary alicyclic amines) is 1. The summed E-state index contributed by atoms with van der Waals surface area (Å²) in [4.78, 5) is 29.2. The molecule has 1 atom stereocenters. The maximum atomic E-state index is 13.1. The zero-order valence-electron chi connectivity index (χ0n) is 21.1. The van der Waals surface area contributed by atoms with Gasteiger partial charge in [0.15, 0.2) is 0 Å². The summed E-state index contributed by atoms with van der Waals surface area (Å²) in [6.07, 6.45) is -2.69. The van der Waals surface area contributed by atoms with Crippen LogP contribution in [0.15, 0.2) is 36.4 Å². The summed E-state index contributed by atoms with van der Waals surface area (Å²) in [6.45, 7) is 7.20. The topological polar surface area (TPSA) is 61.9 Å². The standard InChI is InChI=1S/C27H31ClF3N3O3/c1-26(2,3)37-25(36)34-11-5-4-6-23(34)24(35)32-21-10-8-18(22(28)13-21)15-33-14-17-7-9-20(27(29,30)31)12-19(17)16-33/h7-10,12-13,23H,4-6,11,14-16H2,1-3H3,(H,32,35)/t23-/m1/s1. The molecule has 2 aromatic carbocycles. The molecule has 2 aliphatic heterocycles. The lowest BCUT2D eigenvalue weighted by molar-refractivity contribution is -0.137. The van der Waals surface area contributed by atoms with Crippen molar-refractivity contribution in [1.29, 1.82) is 0 Å². The highest BCUT2D eigenvalue weighted by atomic mass is 35.5. The molecule has 4 rings (SSSR count). The lowest BCUT2D eigenvalue weighted by atomic mass is 10.0. The van der Waals surface area contributed by atoms with E-state index in [1.165, 1.54) is 17.0 Å². The predicted octanol–water partition coefficient (Wildman–Crippen LogP) is 6.60. The molecule has 0 unspecified atom stereocenters. The van der Waals surface area contributed by atoms with E-state index < -0.39 is 29.5 Å². The molecule has 1 N–H and O–H groups in total. The van der Waals surface area contributed by atoms with Crippen LogP contribution in [0.3, 0.4) is 0 Å². The zero-order chi connectivity index (χ0) is 27.0. The van der Waals surface area contributed by atoms with E-state index in [1.807, 2.05) is 4.90 Å². The number of carbonyl (C=O) groups excluding carboxylic acids is 2. The molecule has 0 radical (unpaired) electrons. The number of ether oxygens (including phenoxy) is 1. The van der Waals surface area contributed by atoms with Crippen LogP contribution in [0.25, 0.3) is 0 Å². The molecule has 0 aromatic heterocycles. The van der Waals surface area contributed by atoms with E-state index in [4.69, 9.17) is 16.3 Å². The van der Waals surface area contributed by atoms with Gasteiger partial charge in [-0.25, -0.2) is 4.79 Å². The number of carbonyl (C=O) groups is 2. The Labute approximate surface area is 219 Å². The van der Waals surface area contributed by atoms with Gasteiger partial charge < -0.3 is 10.1 Å². The van der Waals surface area contributed by atoms with Crippen LogP contribution in [0.5, 0.6) is 0 Å². The Morgan fingerprint density at radius 3 is 2.46 bits per heavy atom. The second-order valence-corrected chi connectivity index (χ2v) is 11.0. The maximum absolute atomic E-state index is 13.1. The fourth-order valence-corrected chi connectivity index (χ4v) is 4.96. The van der Waals surface area contributed by atoms with Crippen LogP contribution in [0, 0.1) is 0 Å². The number of halogens is 4. The van der Waals surface area contributed by atoms with Crippen LogP contribution >= 0.6 is 11.6 Å². The fraction of sp³-hybridized carbons (Fsp3) is 0.481. The van der Waals surface area contributed by atoms with Crippen molar-refractivity contribution < 1.29 is 27.5 Å². The summed E-state index contributed by atoms with van der Waals surface area (Å²) < 4.78 is 44.6. The number of nitrogens with one attached hydrogen (secondary N) is 1. The van der Waals surface area contributed by atoms with Gasteiger partial charge in [-0.2, -0.15) is 13.2 Å². The lowest BCUT2D eigenvalue weighted by Gasteiger charge is -2.35. The second kappa shape index (κ2) is 10.5. The number of hydrogen-bond acceptors (Lipinski definition) is 4. The van der Waals surface area contributed by atoms with Crippen molar-refractivity contribution in [2.45, 2.75) is 77.5 Å². The second-order valence-electron chi connectivity index (χ2n) is 10.6. The number of benzene rings is 2. The number of rotatable bonds is 4. The van der Waals surface area contributed by atoms with Crippen LogP contribution in [0.2, 0.25) is 5.02 Å². The van der Waals surface area contributed by atoms with E-state index in [1.54, 1.807) is 39.0 Å². The summed E-state index contributed by atoms with van der Waals surface area (Å²) in [5.74, 6) is -0.301. The molecule has 37 heavy (non-hydrogen) atoms. The van der Waals surface area contributed by atoms with E-state index in [2.05, 4.69) is 5.32 Å². The fourth-order valence-electron chi connectivity index (χ4n) is 4.72. The molecule has 1 fully saturated rings. The number of nitrogens with zero attached hydrogens (tertiary/aromatic N) is 2. The Morgan fingerprint density at radius 2 is 1.78 bits per heavy atom. The molecular weight excluding hydrogens is 507 g/mol. The van der Waals surface area contributed by atoms with Crippen LogP contribution in [-0.4, -0.2) is 40.0 Å². The molecule has 1 saturated heterocycles. The van der Waals surface area contributed by atoms with Gasteiger partial charge in [0.1, 0.15) is 11.6 Å². The van der Waals surface area contributed by atoms with Crippen molar-refractivity contribution in [1.82, 2.24) is 9.80 Å². The summed E-state index contributed by atoms with van der Waals surface area (Å²) in [6, 6.07) is 8.42. The van der Waals surface area contributed by atoms with Gasteiger partial charge in [0.05, 0.1) is 5.56 Å². The Bertz CT molecular complexity index is 1180. The molecule has 0 saturated carbocycles. The van der Waals surface area contributed by atoms with Crippen molar-refractivity contribution in [3.8, 4) is 0 Å². The van der Waals surface area contributed by atoms with Gasteiger partial charge in [0.25, 0.3) is 0 Å². The molecule has 10 heteroatoms. The molecule has 2 aromatic rings. The Kier molecular flexibility index (Phi) is 7.76. The third kappa shape index (κ3) is 6.76. The molecule has 200 valence electrons. The largest absolute Gasteiger partial charge is 0.444 e. The minimum absolute atomic E-state index is 0.301. The maximum Gasteiger partial charge on any atom is 0.416 e. The third-order valence-corrected chi connectivity index (χ3v) is 6.82. The third-order valence-electron chi connectivity index (χ3n) is 6.47. The van der Waals surface area contributed by atoms with Crippen LogP contribution < -0.4 is 5.32 Å². The molecule has 0 bridgehead atoms. The number of amides is 2. The van der Waals surface area contributed by atoms with Gasteiger partial charge >= 0.3 is 12.3 Å². The van der Waals surface area contributed by atoms with E-state index in [9.17, 15) is 22.8 Å². The number of piperidine rings is 1. The molecule has 0 aliphatic carbocycles. The first-order valence-corrected chi connectivity index (χ1v) is 12.7. The summed E-state index contributed by atoms with van der Waals surface area (Å²) in [7, 11) is 0. The van der Waals surface area contributed by atoms with E-state index in [0.717, 1.165) is 30.0 Å². The quantitative estimate of drug-likeness (QED) is 0.477. The first-order chi connectivity index (χ1) is 17.3. The Balaban J connectivity index is 1.39. The number of hydrogen-bond donors (Lipinski definition) is 1. The van der Waals surface area contributed by atoms with E-state index >= 15 is 0 Å². The average Bonchev–Trinajstić information content (AvgIpc) is 3.21. The molecule has 0 spiro atoms. The van der Waals surface area contributed by atoms with Crippen molar-refractivity contribution in [3.63, 3.8) is 0 Å². The molecule has 6 nitrogen and oxygen atoms in total. The molecule has 2 amide bonds. The SMILES string of the molecule is CC(C)(C)OC(=O)N1CCCC[C@@H]1C(=O)Nc1ccc(CN2Cc3ccc(C(F)(F)F)cc3C2)c(Cl)c1. The lowest BCUT2D eigenvalue weighted by Crippen LogP contribution is -2.51. The summed E-state index contributed by atoms with van der Waals surface area (Å²) in [5.41, 5.74) is 1.54. The normalized spacial score (nSPS) is 18.5. The Morgan fingerprint density at radius 1 is 1.05 bits per heavy atom. The minimum atomic E-state index is -4.37. The highest BCUT2D eigenvalue weighted by Crippen LogP contribution is 2.34. The first kappa shape index (κ1) is 27.3. The van der Waals surface area contributed by atoms with Crippen LogP contribution in [-0.2, 0) is 35.3 Å². The zero-order valence-corrected chi connectivity index (χ0v) is 21.9. The number of anilines is 1. The monoisotopic (exact) mass is 537 g/mol. The summed E-state index contributed by atoms with van der Waals surface area (Å²) >= 11 is 6.51. The van der Waals surface area contributed by atoms with Crippen LogP contribution in [0.4, 0.5) is 23.7 Å². The molecular formula is C27H31ClF3N3O3. The van der Waals surface area contributed by atoms with E-state index in [-0.39, 0.29) is 5.91 Å². The van der Waals surface area contributed by atoms with Gasteiger partial charge in [-0.3, -0.25) is 14.6 Å². The van der Waals surface area contributed by atoms with E-state index in [0.29, 0.717) is 48.9 Å². The smallest absolute Gasteiger partial charge is 0.416 e. The van der Waals surface area contributed by atoms with Crippen molar-refractivity contribution in [2.75, 3.05) is 11.9 Å². The number of fused-ring (bicyclic) bond motifs is 1. The van der Waals surface area contributed by atoms with Gasteiger partial charge in [0, 0.05) is 36.9 Å². The van der Waals surface area contributed by atoms with Crippen LogP contribution in [0.1, 0.15) is 62.3 Å². The van der Waals surface area contributed by atoms with Gasteiger partial charge in [-0.05, 0) is 81.0 Å². The molecule has 2 aliphatic rings. The van der Waals surface area contributed by atoms with Gasteiger partial charge in [0.2, 0.25) is 5.91 Å². The minimum Gasteiger partial charge on any atom is -0.444 e. The van der Waals surface area contributed by atoms with Gasteiger partial charge in [-0.1, -0.05) is 23.7 Å². The highest BCUT2D eigenvalue weighted by Gasteiger charge is 2.35. The molecule has 2 heterocycles. The van der Waals surface area contributed by atoms with Crippen molar-refractivity contribution >= 4 is 29.3 Å². The summed E-state index contributed by atoms with van der Waals surface area (Å²) in [5, 5.41) is 3.30. The average molecular weight is 538 g/mol.